The second kappa shape index (κ2) is 13.9. The molecule has 2 aromatic carbocycles. The van der Waals surface area contributed by atoms with E-state index in [0.717, 1.165) is 26.5 Å². The van der Waals surface area contributed by atoms with Gasteiger partial charge in [0, 0.05) is 49.2 Å². The Morgan fingerprint density at radius 1 is 1.13 bits per heavy atom. The largest absolute Gasteiger partial charge is 0.497 e. The number of benzene rings is 2. The minimum Gasteiger partial charge on any atom is -0.497 e. The van der Waals surface area contributed by atoms with Gasteiger partial charge in [-0.3, -0.25) is 18.7 Å². The van der Waals surface area contributed by atoms with Crippen molar-refractivity contribution < 1.29 is 27.1 Å². The van der Waals surface area contributed by atoms with E-state index in [9.17, 15) is 32.0 Å². The zero-order chi connectivity index (χ0) is 34.0. The molecule has 2 aliphatic heterocycles. The molecule has 3 amide bonds. The summed E-state index contributed by atoms with van der Waals surface area (Å²) in [6.07, 6.45) is 2.69. The molecule has 0 unspecified atom stereocenters. The average molecular weight is 691 g/mol. The molecule has 13 nitrogen and oxygen atoms in total. The molecule has 3 N–H and O–H groups in total. The fourth-order valence-electron chi connectivity index (χ4n) is 6.06. The molecule has 0 radical (unpaired) electrons. The molecule has 1 saturated heterocycles. The van der Waals surface area contributed by atoms with E-state index in [1.165, 1.54) is 25.3 Å². The van der Waals surface area contributed by atoms with Gasteiger partial charge in [-0.05, 0) is 62.4 Å². The van der Waals surface area contributed by atoms with Crippen LogP contribution in [0, 0.1) is 5.82 Å². The van der Waals surface area contributed by atoms with E-state index in [1.54, 1.807) is 23.0 Å². The predicted octanol–water partition coefficient (Wildman–Crippen LogP) is 2.80. The number of likely N-dealkylation sites (tertiary alicyclic amines) is 1. The monoisotopic (exact) mass is 690 g/mol. The number of nitrogens with two attached hydrogens (primary N) is 1. The number of halogens is 2. The fourth-order valence-corrected chi connectivity index (χ4v) is 6.96. The zero-order valence-electron chi connectivity index (χ0n) is 25.9. The Kier molecular flexibility index (Phi) is 10.1. The minimum absolute atomic E-state index is 0.0161. The molecule has 16 heteroatoms. The van der Waals surface area contributed by atoms with Gasteiger partial charge in [-0.25, -0.2) is 27.5 Å². The van der Waals surface area contributed by atoms with E-state index in [0.29, 0.717) is 44.6 Å². The third-order valence-corrected chi connectivity index (χ3v) is 9.88. The average Bonchev–Trinajstić information content (AvgIpc) is 3.20. The standard InChI is InChI=1S/C31H36ClFN6O7S/c1-19(11-15-47(34,44)45)39-29(41)24(23-4-3-5-25(33)28(23)32)17-37(31(39)43)18-27(40)36-12-9-21(10-13-36)38-14-8-20-16-22(46-2)6-7-26(20)35-30(38)42/h3-7,16-17,19,21H,8-15,18H2,1-2H3,(H,35,42)(H2,34,44,45)/t19-/m0/s1. The van der Waals surface area contributed by atoms with E-state index in [4.69, 9.17) is 21.5 Å². The quantitative estimate of drug-likeness (QED) is 0.348. The summed E-state index contributed by atoms with van der Waals surface area (Å²) in [5.41, 5.74) is -0.0663. The van der Waals surface area contributed by atoms with Gasteiger partial charge in [-0.15, -0.1) is 0 Å². The van der Waals surface area contributed by atoms with Crippen molar-refractivity contribution in [1.82, 2.24) is 18.9 Å². The lowest BCUT2D eigenvalue weighted by Gasteiger charge is -2.38. The summed E-state index contributed by atoms with van der Waals surface area (Å²) in [5, 5.41) is 7.77. The summed E-state index contributed by atoms with van der Waals surface area (Å²) >= 11 is 6.19. The summed E-state index contributed by atoms with van der Waals surface area (Å²) < 4.78 is 44.8. The number of fused-ring (bicyclic) bond motifs is 1. The number of hydrogen-bond donors (Lipinski definition) is 2. The van der Waals surface area contributed by atoms with E-state index in [-0.39, 0.29) is 34.6 Å². The normalized spacial score (nSPS) is 16.3. The Balaban J connectivity index is 1.34. The number of anilines is 1. The number of methoxy groups -OCH3 is 1. The van der Waals surface area contributed by atoms with Crippen LogP contribution in [0.15, 0.2) is 52.2 Å². The van der Waals surface area contributed by atoms with Gasteiger partial charge in [0.15, 0.2) is 0 Å². The topological polar surface area (TPSA) is 166 Å². The van der Waals surface area contributed by atoms with Crippen LogP contribution in [0.1, 0.15) is 37.8 Å². The highest BCUT2D eigenvalue weighted by molar-refractivity contribution is 7.89. The first-order valence-electron chi connectivity index (χ1n) is 15.1. The van der Waals surface area contributed by atoms with Gasteiger partial charge in [0.1, 0.15) is 18.1 Å². The highest BCUT2D eigenvalue weighted by atomic mass is 35.5. The number of amides is 3. The second-order valence-corrected chi connectivity index (χ2v) is 13.9. The van der Waals surface area contributed by atoms with Gasteiger partial charge in [-0.1, -0.05) is 23.7 Å². The molecule has 0 aliphatic carbocycles. The molecule has 1 aromatic heterocycles. The SMILES string of the molecule is COc1ccc2c(c1)CCN(C1CCN(C(=O)Cn3cc(-c4cccc(F)c4Cl)c(=O)n([C@@H](C)CCS(N)(=O)=O)c3=O)CC1)C(=O)N2. The minimum atomic E-state index is -3.90. The number of aromatic nitrogens is 2. The number of sulfonamides is 1. The first-order chi connectivity index (χ1) is 22.3. The molecule has 0 spiro atoms. The van der Waals surface area contributed by atoms with Crippen LogP contribution in [0.25, 0.3) is 11.1 Å². The summed E-state index contributed by atoms with van der Waals surface area (Å²) in [5.74, 6) is -0.967. The highest BCUT2D eigenvalue weighted by Crippen LogP contribution is 2.29. The van der Waals surface area contributed by atoms with Crippen LogP contribution in [-0.4, -0.2) is 77.8 Å². The van der Waals surface area contributed by atoms with Crippen molar-refractivity contribution in [1.29, 1.82) is 0 Å². The van der Waals surface area contributed by atoms with E-state index < -0.39 is 51.3 Å². The molecule has 1 fully saturated rings. The number of carbonyl (C=O) groups excluding carboxylic acids is 2. The van der Waals surface area contributed by atoms with Crippen molar-refractivity contribution >= 4 is 39.2 Å². The first-order valence-corrected chi connectivity index (χ1v) is 17.2. The van der Waals surface area contributed by atoms with Gasteiger partial charge >= 0.3 is 11.7 Å². The van der Waals surface area contributed by atoms with Crippen LogP contribution in [0.3, 0.4) is 0 Å². The molecular weight excluding hydrogens is 655 g/mol. The highest BCUT2D eigenvalue weighted by Gasteiger charge is 2.32. The third-order valence-electron chi connectivity index (χ3n) is 8.69. The lowest BCUT2D eigenvalue weighted by atomic mass is 10.0. The molecule has 252 valence electrons. The molecule has 1 atom stereocenters. The van der Waals surface area contributed by atoms with Crippen LogP contribution in [-0.2, 0) is 27.8 Å². The summed E-state index contributed by atoms with van der Waals surface area (Å²) in [4.78, 5) is 57.1. The second-order valence-electron chi connectivity index (χ2n) is 11.7. The Bertz CT molecular complexity index is 1920. The molecule has 3 heterocycles. The predicted molar refractivity (Wildman–Crippen MR) is 175 cm³/mol. The van der Waals surface area contributed by atoms with Gasteiger partial charge in [-0.2, -0.15) is 0 Å². The Morgan fingerprint density at radius 3 is 2.53 bits per heavy atom. The van der Waals surface area contributed by atoms with Crippen LogP contribution in [0.5, 0.6) is 5.75 Å². The van der Waals surface area contributed by atoms with Crippen molar-refractivity contribution in [3.05, 3.63) is 79.8 Å². The number of primary sulfonamides is 1. The molecule has 3 aromatic rings. The van der Waals surface area contributed by atoms with E-state index in [1.807, 2.05) is 12.1 Å². The van der Waals surface area contributed by atoms with E-state index >= 15 is 0 Å². The number of ether oxygens (including phenoxy) is 1. The number of carbonyl (C=O) groups is 2. The van der Waals surface area contributed by atoms with Crippen molar-refractivity contribution in [2.24, 2.45) is 5.14 Å². The Morgan fingerprint density at radius 2 is 1.85 bits per heavy atom. The molecule has 2 aliphatic rings. The van der Waals surface area contributed by atoms with Crippen LogP contribution in [0.4, 0.5) is 14.9 Å². The molecule has 0 saturated carbocycles. The van der Waals surface area contributed by atoms with Gasteiger partial charge in [0.05, 0.1) is 23.4 Å². The summed E-state index contributed by atoms with van der Waals surface area (Å²) in [6.45, 7) is 2.20. The van der Waals surface area contributed by atoms with Gasteiger partial charge in [0.2, 0.25) is 15.9 Å². The van der Waals surface area contributed by atoms with Gasteiger partial charge < -0.3 is 19.9 Å². The lowest BCUT2D eigenvalue weighted by Crippen LogP contribution is -2.51. The van der Waals surface area contributed by atoms with Gasteiger partial charge in [0.25, 0.3) is 5.56 Å². The molecular formula is C31H36ClFN6O7S. The number of nitrogens with one attached hydrogen (secondary N) is 1. The number of hydrogen-bond acceptors (Lipinski definition) is 7. The van der Waals surface area contributed by atoms with Crippen LogP contribution >= 0.6 is 11.6 Å². The van der Waals surface area contributed by atoms with Crippen molar-refractivity contribution in [3.63, 3.8) is 0 Å². The smallest absolute Gasteiger partial charge is 0.331 e. The number of rotatable bonds is 9. The number of urea groups is 1. The lowest BCUT2D eigenvalue weighted by molar-refractivity contribution is -0.133. The molecule has 5 rings (SSSR count). The summed E-state index contributed by atoms with van der Waals surface area (Å²) in [6, 6.07) is 8.15. The maximum atomic E-state index is 14.4. The molecule has 0 bridgehead atoms. The fraction of sp³-hybridized carbons (Fsp3) is 0.419. The Hall–Kier alpha value is -4.21. The third kappa shape index (κ3) is 7.52. The zero-order valence-corrected chi connectivity index (χ0v) is 27.5. The summed E-state index contributed by atoms with van der Waals surface area (Å²) in [7, 11) is -2.31. The number of piperidine rings is 1. The van der Waals surface area contributed by atoms with Crippen molar-refractivity contribution in [3.8, 4) is 16.9 Å². The maximum Gasteiger partial charge on any atom is 0.331 e. The number of nitrogens with zero attached hydrogens (tertiary/aromatic N) is 4. The van der Waals surface area contributed by atoms with Crippen LogP contribution < -0.4 is 26.4 Å². The maximum absolute atomic E-state index is 14.4. The molecule has 47 heavy (non-hydrogen) atoms. The van der Waals surface area contributed by atoms with Crippen molar-refractivity contribution in [2.75, 3.05) is 37.8 Å². The van der Waals surface area contributed by atoms with Crippen molar-refractivity contribution in [2.45, 2.75) is 51.2 Å². The Labute approximate surface area is 275 Å². The van der Waals surface area contributed by atoms with Crippen LogP contribution in [0.2, 0.25) is 5.02 Å². The van der Waals surface area contributed by atoms with E-state index in [2.05, 4.69) is 5.32 Å². The first kappa shape index (κ1) is 34.1.